The van der Waals surface area contributed by atoms with E-state index in [4.69, 9.17) is 0 Å². The fraction of sp³-hybridized carbons (Fsp3) is 0.300. The third-order valence-corrected chi connectivity index (χ3v) is 4.55. The molecule has 0 bridgehead atoms. The van der Waals surface area contributed by atoms with E-state index in [1.807, 2.05) is 0 Å². The van der Waals surface area contributed by atoms with Crippen LogP contribution in [-0.2, 0) is 11.3 Å². The molecule has 0 unspecified atom stereocenters. The number of benzene rings is 2. The predicted octanol–water partition coefficient (Wildman–Crippen LogP) is 4.42. The predicted molar refractivity (Wildman–Crippen MR) is 99.2 cm³/mol. The van der Waals surface area contributed by atoms with Crippen molar-refractivity contribution in [3.8, 4) is 0 Å². The molecule has 2 aromatic carbocycles. The number of hydrogen-bond acceptors (Lipinski definition) is 2. The molecule has 3 rings (SSSR count). The summed E-state index contributed by atoms with van der Waals surface area (Å²) in [6.45, 7) is 0.0567. The third kappa shape index (κ3) is 5.26. The minimum Gasteiger partial charge on any atom is -0.334 e. The molecule has 1 fully saturated rings. The van der Waals surface area contributed by atoms with Crippen LogP contribution in [0.1, 0.15) is 31.2 Å². The van der Waals surface area contributed by atoms with Crippen molar-refractivity contribution in [2.75, 3.05) is 10.6 Å². The summed E-state index contributed by atoms with van der Waals surface area (Å²) >= 11 is 0. The summed E-state index contributed by atoms with van der Waals surface area (Å²) in [5, 5.41) is 8.10. The van der Waals surface area contributed by atoms with Crippen LogP contribution in [0.5, 0.6) is 0 Å². The Kier molecular flexibility index (Phi) is 6.01. The minimum absolute atomic E-state index is 0.00689. The van der Waals surface area contributed by atoms with E-state index in [0.29, 0.717) is 16.9 Å². The Morgan fingerprint density at radius 2 is 1.63 bits per heavy atom. The maximum absolute atomic E-state index is 13.2. The average Bonchev–Trinajstić information content (AvgIpc) is 3.18. The zero-order chi connectivity index (χ0) is 19.2. The monoisotopic (exact) mass is 373 g/mol. The molecule has 5 nitrogen and oxygen atoms in total. The Morgan fingerprint density at radius 3 is 2.33 bits per heavy atom. The molecule has 0 radical (unpaired) electrons. The van der Waals surface area contributed by atoms with E-state index < -0.39 is 17.7 Å². The van der Waals surface area contributed by atoms with Gasteiger partial charge in [0.25, 0.3) is 0 Å². The lowest BCUT2D eigenvalue weighted by Gasteiger charge is -2.12. The summed E-state index contributed by atoms with van der Waals surface area (Å²) in [7, 11) is 0. The van der Waals surface area contributed by atoms with E-state index in [9.17, 15) is 18.4 Å². The first-order valence-corrected chi connectivity index (χ1v) is 8.91. The minimum atomic E-state index is -0.958. The van der Waals surface area contributed by atoms with Crippen LogP contribution >= 0.6 is 0 Å². The van der Waals surface area contributed by atoms with E-state index in [1.54, 1.807) is 24.3 Å². The quantitative estimate of drug-likeness (QED) is 0.726. The van der Waals surface area contributed by atoms with Crippen molar-refractivity contribution >= 4 is 23.3 Å². The number of carbonyl (C=O) groups is 2. The van der Waals surface area contributed by atoms with Crippen LogP contribution in [0.25, 0.3) is 0 Å². The standard InChI is InChI=1S/C20H21F2N3O2/c21-17-9-8-13(10-18(17)22)12-23-20(27)25-16-7-3-6-15(11-16)24-19(26)14-4-1-2-5-14/h3,6-11,14H,1-2,4-5,12H2,(H,24,26)(H2,23,25,27). The van der Waals surface area contributed by atoms with Crippen molar-refractivity contribution in [3.63, 3.8) is 0 Å². The molecular weight excluding hydrogens is 352 g/mol. The molecule has 0 heterocycles. The van der Waals surface area contributed by atoms with Gasteiger partial charge in [-0.25, -0.2) is 13.6 Å². The lowest BCUT2D eigenvalue weighted by molar-refractivity contribution is -0.119. The fourth-order valence-corrected chi connectivity index (χ4v) is 3.11. The molecule has 3 amide bonds. The second kappa shape index (κ2) is 8.62. The highest BCUT2D eigenvalue weighted by Gasteiger charge is 2.22. The largest absolute Gasteiger partial charge is 0.334 e. The van der Waals surface area contributed by atoms with E-state index >= 15 is 0 Å². The lowest BCUT2D eigenvalue weighted by atomic mass is 10.1. The Labute approximate surface area is 156 Å². The topological polar surface area (TPSA) is 70.2 Å². The molecule has 27 heavy (non-hydrogen) atoms. The average molecular weight is 373 g/mol. The van der Waals surface area contributed by atoms with Gasteiger partial charge in [0.15, 0.2) is 11.6 Å². The van der Waals surface area contributed by atoms with Gasteiger partial charge in [-0.3, -0.25) is 4.79 Å². The number of halogens is 2. The SMILES string of the molecule is O=C(NCc1ccc(F)c(F)c1)Nc1cccc(NC(=O)C2CCCC2)c1. The number of urea groups is 1. The molecule has 1 aliphatic rings. The number of rotatable bonds is 5. The van der Waals surface area contributed by atoms with Gasteiger partial charge in [-0.05, 0) is 48.7 Å². The molecule has 0 saturated heterocycles. The zero-order valence-electron chi connectivity index (χ0n) is 14.7. The van der Waals surface area contributed by atoms with Gasteiger partial charge in [-0.2, -0.15) is 0 Å². The van der Waals surface area contributed by atoms with Crippen LogP contribution in [0.4, 0.5) is 25.0 Å². The van der Waals surface area contributed by atoms with Crippen LogP contribution in [0, 0.1) is 17.6 Å². The van der Waals surface area contributed by atoms with Crippen LogP contribution in [-0.4, -0.2) is 11.9 Å². The molecule has 3 N–H and O–H groups in total. The van der Waals surface area contributed by atoms with Crippen LogP contribution in [0.3, 0.4) is 0 Å². The second-order valence-electron chi connectivity index (χ2n) is 6.61. The van der Waals surface area contributed by atoms with Crippen molar-refractivity contribution in [2.24, 2.45) is 5.92 Å². The molecule has 0 atom stereocenters. The smallest absolute Gasteiger partial charge is 0.319 e. The Hall–Kier alpha value is -2.96. The summed E-state index contributed by atoms with van der Waals surface area (Å²) in [5.74, 6) is -1.83. The first kappa shape index (κ1) is 18.8. The fourth-order valence-electron chi connectivity index (χ4n) is 3.11. The van der Waals surface area contributed by atoms with Gasteiger partial charge in [-0.1, -0.05) is 25.0 Å². The lowest BCUT2D eigenvalue weighted by Crippen LogP contribution is -2.28. The van der Waals surface area contributed by atoms with Gasteiger partial charge in [-0.15, -0.1) is 0 Å². The highest BCUT2D eigenvalue weighted by Crippen LogP contribution is 2.26. The maximum Gasteiger partial charge on any atom is 0.319 e. The van der Waals surface area contributed by atoms with Gasteiger partial charge in [0.1, 0.15) is 0 Å². The van der Waals surface area contributed by atoms with Crippen molar-refractivity contribution in [2.45, 2.75) is 32.2 Å². The molecule has 2 aromatic rings. The number of carbonyl (C=O) groups excluding carboxylic acids is 2. The van der Waals surface area contributed by atoms with Crippen molar-refractivity contribution < 1.29 is 18.4 Å². The van der Waals surface area contributed by atoms with Crippen LogP contribution in [0.15, 0.2) is 42.5 Å². The normalized spacial score (nSPS) is 14.0. The van der Waals surface area contributed by atoms with Gasteiger partial charge in [0.2, 0.25) is 5.91 Å². The van der Waals surface area contributed by atoms with E-state index in [1.165, 1.54) is 6.07 Å². The molecule has 142 valence electrons. The van der Waals surface area contributed by atoms with E-state index in [-0.39, 0.29) is 18.4 Å². The van der Waals surface area contributed by atoms with Crippen molar-refractivity contribution in [3.05, 3.63) is 59.7 Å². The maximum atomic E-state index is 13.2. The summed E-state index contributed by atoms with van der Waals surface area (Å²) in [6.07, 6.45) is 3.99. The van der Waals surface area contributed by atoms with E-state index in [2.05, 4.69) is 16.0 Å². The number of anilines is 2. The summed E-state index contributed by atoms with van der Waals surface area (Å²) in [6, 6.07) is 9.82. The van der Waals surface area contributed by atoms with Crippen molar-refractivity contribution in [1.29, 1.82) is 0 Å². The molecular formula is C20H21F2N3O2. The molecule has 0 aromatic heterocycles. The second-order valence-corrected chi connectivity index (χ2v) is 6.61. The Balaban J connectivity index is 1.52. The first-order chi connectivity index (χ1) is 13.0. The van der Waals surface area contributed by atoms with Gasteiger partial charge < -0.3 is 16.0 Å². The zero-order valence-corrected chi connectivity index (χ0v) is 14.7. The van der Waals surface area contributed by atoms with Crippen LogP contribution in [0.2, 0.25) is 0 Å². The summed E-state index contributed by atoms with van der Waals surface area (Å²) < 4.78 is 26.1. The summed E-state index contributed by atoms with van der Waals surface area (Å²) in [4.78, 5) is 24.2. The number of amides is 3. The molecule has 0 spiro atoms. The van der Waals surface area contributed by atoms with Crippen molar-refractivity contribution in [1.82, 2.24) is 5.32 Å². The first-order valence-electron chi connectivity index (χ1n) is 8.91. The molecule has 0 aliphatic heterocycles. The Bertz CT molecular complexity index is 836. The van der Waals surface area contributed by atoms with Gasteiger partial charge in [0.05, 0.1) is 0 Å². The van der Waals surface area contributed by atoms with Crippen LogP contribution < -0.4 is 16.0 Å². The molecule has 1 saturated carbocycles. The van der Waals surface area contributed by atoms with Gasteiger partial charge >= 0.3 is 6.03 Å². The van der Waals surface area contributed by atoms with Gasteiger partial charge in [0, 0.05) is 23.8 Å². The number of hydrogen-bond donors (Lipinski definition) is 3. The molecule has 7 heteroatoms. The number of nitrogens with one attached hydrogen (secondary N) is 3. The Morgan fingerprint density at radius 1 is 0.926 bits per heavy atom. The third-order valence-electron chi connectivity index (χ3n) is 4.55. The highest BCUT2D eigenvalue weighted by atomic mass is 19.2. The highest BCUT2D eigenvalue weighted by molar-refractivity contribution is 5.94. The molecule has 1 aliphatic carbocycles. The summed E-state index contributed by atoms with van der Waals surface area (Å²) in [5.41, 5.74) is 1.58. The van der Waals surface area contributed by atoms with E-state index in [0.717, 1.165) is 37.8 Å².